The predicted octanol–water partition coefficient (Wildman–Crippen LogP) is 2.52. The summed E-state index contributed by atoms with van der Waals surface area (Å²) in [7, 11) is 2.09. The van der Waals surface area contributed by atoms with Crippen LogP contribution < -0.4 is 5.32 Å². The van der Waals surface area contributed by atoms with Crippen LogP contribution >= 0.6 is 11.8 Å². The smallest absolute Gasteiger partial charge is 0.0157 e. The molecule has 0 aliphatic heterocycles. The van der Waals surface area contributed by atoms with Crippen LogP contribution in [-0.4, -0.2) is 24.1 Å². The molecule has 0 saturated heterocycles. The lowest BCUT2D eigenvalue weighted by Crippen LogP contribution is -2.28. The van der Waals surface area contributed by atoms with E-state index >= 15 is 0 Å². The quantitative estimate of drug-likeness (QED) is 0.686. The largest absolute Gasteiger partial charge is 0.316 e. The molecule has 12 heavy (non-hydrogen) atoms. The molecule has 1 unspecified atom stereocenters. The van der Waals surface area contributed by atoms with E-state index in [4.69, 9.17) is 0 Å². The van der Waals surface area contributed by atoms with Crippen LogP contribution in [0, 0.1) is 5.92 Å². The molecule has 0 radical (unpaired) electrons. The number of thioether (sulfide) groups is 1. The molecule has 1 aliphatic carbocycles. The highest BCUT2D eigenvalue weighted by Gasteiger charge is 2.24. The van der Waals surface area contributed by atoms with Gasteiger partial charge in [-0.1, -0.05) is 26.7 Å². The van der Waals surface area contributed by atoms with Crippen LogP contribution in [0.25, 0.3) is 0 Å². The van der Waals surface area contributed by atoms with Crippen molar-refractivity contribution in [1.29, 1.82) is 0 Å². The Bertz CT molecular complexity index is 121. The summed E-state index contributed by atoms with van der Waals surface area (Å²) >= 11 is 2.07. The monoisotopic (exact) mass is 187 g/mol. The van der Waals surface area contributed by atoms with E-state index in [1.54, 1.807) is 0 Å². The van der Waals surface area contributed by atoms with Gasteiger partial charge in [-0.3, -0.25) is 0 Å². The molecule has 1 atom stereocenters. The summed E-state index contributed by atoms with van der Waals surface area (Å²) in [5.74, 6) is 2.33. The maximum absolute atomic E-state index is 3.41. The van der Waals surface area contributed by atoms with E-state index in [1.165, 1.54) is 25.0 Å². The second-order valence-electron chi connectivity index (χ2n) is 4.05. The van der Waals surface area contributed by atoms with Crippen LogP contribution in [0.15, 0.2) is 0 Å². The molecule has 1 saturated carbocycles. The topological polar surface area (TPSA) is 12.0 Å². The van der Waals surface area contributed by atoms with E-state index in [-0.39, 0.29) is 0 Å². The first kappa shape index (κ1) is 10.4. The van der Waals surface area contributed by atoms with E-state index in [0.717, 1.165) is 17.2 Å². The lowest BCUT2D eigenvalue weighted by Gasteiger charge is -2.16. The Morgan fingerprint density at radius 1 is 1.42 bits per heavy atom. The van der Waals surface area contributed by atoms with Gasteiger partial charge >= 0.3 is 0 Å². The molecule has 0 aromatic heterocycles. The van der Waals surface area contributed by atoms with Gasteiger partial charge in [0.05, 0.1) is 0 Å². The molecule has 1 fully saturated rings. The standard InChI is InChI=1S/C10H21NS/c1-8(2)12-7-10(11-3)6-9-4-5-9/h8-11H,4-7H2,1-3H3. The van der Waals surface area contributed by atoms with E-state index in [9.17, 15) is 0 Å². The fourth-order valence-electron chi connectivity index (χ4n) is 1.33. The first-order chi connectivity index (χ1) is 5.72. The molecule has 0 heterocycles. The first-order valence-corrected chi connectivity index (χ1v) is 6.06. The number of hydrogen-bond donors (Lipinski definition) is 1. The Morgan fingerprint density at radius 3 is 2.50 bits per heavy atom. The van der Waals surface area contributed by atoms with E-state index in [2.05, 4.69) is 38.0 Å². The molecule has 1 nitrogen and oxygen atoms in total. The van der Waals surface area contributed by atoms with Gasteiger partial charge in [-0.25, -0.2) is 0 Å². The van der Waals surface area contributed by atoms with Crippen LogP contribution in [0.3, 0.4) is 0 Å². The van der Waals surface area contributed by atoms with Crippen molar-refractivity contribution in [2.24, 2.45) is 5.92 Å². The lowest BCUT2D eigenvalue weighted by atomic mass is 10.2. The van der Waals surface area contributed by atoms with Crippen molar-refractivity contribution < 1.29 is 0 Å². The summed E-state index contributed by atoms with van der Waals surface area (Å²) in [6, 6.07) is 0.755. The van der Waals surface area contributed by atoms with Crippen molar-refractivity contribution >= 4 is 11.8 Å². The van der Waals surface area contributed by atoms with Crippen molar-refractivity contribution in [1.82, 2.24) is 5.32 Å². The molecule has 0 amide bonds. The Labute approximate surface area is 80.7 Å². The molecule has 0 bridgehead atoms. The average molecular weight is 187 g/mol. The van der Waals surface area contributed by atoms with Crippen molar-refractivity contribution in [2.45, 2.75) is 44.4 Å². The molecular weight excluding hydrogens is 166 g/mol. The highest BCUT2D eigenvalue weighted by atomic mass is 32.2. The van der Waals surface area contributed by atoms with Crippen LogP contribution in [0.2, 0.25) is 0 Å². The second kappa shape index (κ2) is 5.13. The van der Waals surface area contributed by atoms with E-state index in [1.807, 2.05) is 0 Å². The third-order valence-corrected chi connectivity index (χ3v) is 3.62. The Kier molecular flexibility index (Phi) is 4.44. The van der Waals surface area contributed by atoms with Gasteiger partial charge in [0.2, 0.25) is 0 Å². The molecule has 0 aromatic carbocycles. The summed E-state index contributed by atoms with van der Waals surface area (Å²) in [6.07, 6.45) is 4.35. The molecule has 1 aliphatic rings. The minimum atomic E-state index is 0.755. The zero-order valence-electron chi connectivity index (χ0n) is 8.47. The lowest BCUT2D eigenvalue weighted by molar-refractivity contribution is 0.536. The Balaban J connectivity index is 2.06. The predicted molar refractivity (Wildman–Crippen MR) is 57.8 cm³/mol. The zero-order valence-corrected chi connectivity index (χ0v) is 9.29. The molecule has 0 aromatic rings. The van der Waals surface area contributed by atoms with Gasteiger partial charge in [-0.15, -0.1) is 0 Å². The normalized spacial score (nSPS) is 20.0. The van der Waals surface area contributed by atoms with Gasteiger partial charge in [0, 0.05) is 11.8 Å². The maximum atomic E-state index is 3.41. The molecular formula is C10H21NS. The van der Waals surface area contributed by atoms with E-state index < -0.39 is 0 Å². The van der Waals surface area contributed by atoms with Crippen LogP contribution in [0.5, 0.6) is 0 Å². The highest BCUT2D eigenvalue weighted by molar-refractivity contribution is 7.99. The van der Waals surface area contributed by atoms with Crippen molar-refractivity contribution in [3.8, 4) is 0 Å². The average Bonchev–Trinajstić information content (AvgIpc) is 2.81. The summed E-state index contributed by atoms with van der Waals surface area (Å²) in [5, 5.41) is 4.19. The van der Waals surface area contributed by atoms with Gasteiger partial charge in [-0.05, 0) is 24.6 Å². The summed E-state index contributed by atoms with van der Waals surface area (Å²) < 4.78 is 0. The summed E-state index contributed by atoms with van der Waals surface area (Å²) in [4.78, 5) is 0. The Morgan fingerprint density at radius 2 is 2.08 bits per heavy atom. The summed E-state index contributed by atoms with van der Waals surface area (Å²) in [5.41, 5.74) is 0. The van der Waals surface area contributed by atoms with Crippen LogP contribution in [0.1, 0.15) is 33.1 Å². The van der Waals surface area contributed by atoms with Crippen molar-refractivity contribution in [3.63, 3.8) is 0 Å². The minimum Gasteiger partial charge on any atom is -0.316 e. The minimum absolute atomic E-state index is 0.755. The molecule has 72 valence electrons. The third-order valence-electron chi connectivity index (χ3n) is 2.35. The highest BCUT2D eigenvalue weighted by Crippen LogP contribution is 2.34. The molecule has 1 N–H and O–H groups in total. The Hall–Kier alpha value is 0.310. The van der Waals surface area contributed by atoms with Crippen molar-refractivity contribution in [3.05, 3.63) is 0 Å². The van der Waals surface area contributed by atoms with Gasteiger partial charge in [-0.2, -0.15) is 11.8 Å². The fraction of sp³-hybridized carbons (Fsp3) is 1.00. The van der Waals surface area contributed by atoms with Gasteiger partial charge < -0.3 is 5.32 Å². The van der Waals surface area contributed by atoms with Crippen molar-refractivity contribution in [2.75, 3.05) is 12.8 Å². The van der Waals surface area contributed by atoms with Gasteiger partial charge in [0.15, 0.2) is 0 Å². The molecule has 0 spiro atoms. The summed E-state index contributed by atoms with van der Waals surface area (Å²) in [6.45, 7) is 4.54. The first-order valence-electron chi connectivity index (χ1n) is 5.01. The van der Waals surface area contributed by atoms with Crippen LogP contribution in [0.4, 0.5) is 0 Å². The third kappa shape index (κ3) is 4.36. The molecule has 1 rings (SSSR count). The number of nitrogens with one attached hydrogen (secondary N) is 1. The number of rotatable bonds is 6. The van der Waals surface area contributed by atoms with Crippen LogP contribution in [-0.2, 0) is 0 Å². The van der Waals surface area contributed by atoms with Gasteiger partial charge in [0.25, 0.3) is 0 Å². The second-order valence-corrected chi connectivity index (χ2v) is 5.66. The maximum Gasteiger partial charge on any atom is 0.0157 e. The zero-order chi connectivity index (χ0) is 8.97. The van der Waals surface area contributed by atoms with E-state index in [0.29, 0.717) is 0 Å². The number of hydrogen-bond acceptors (Lipinski definition) is 2. The van der Waals surface area contributed by atoms with Gasteiger partial charge in [0.1, 0.15) is 0 Å². The molecule has 2 heteroatoms. The SMILES string of the molecule is CNC(CSC(C)C)CC1CC1. The fourth-order valence-corrected chi connectivity index (χ4v) is 2.25.